The van der Waals surface area contributed by atoms with Crippen LogP contribution in [0.3, 0.4) is 0 Å². The van der Waals surface area contributed by atoms with Crippen LogP contribution in [0.25, 0.3) is 0 Å². The third-order valence-electron chi connectivity index (χ3n) is 3.49. The van der Waals surface area contributed by atoms with Gasteiger partial charge in [-0.15, -0.1) is 0 Å². The minimum atomic E-state index is -0.705. The fraction of sp³-hybridized carbons (Fsp3) is 0.286. The number of aromatic nitrogens is 2. The summed E-state index contributed by atoms with van der Waals surface area (Å²) in [5.74, 6) is -1.50. The summed E-state index contributed by atoms with van der Waals surface area (Å²) in [6, 6.07) is 3.20. The molecule has 21 heavy (non-hydrogen) atoms. The maximum Gasteiger partial charge on any atom is 0.274 e. The second-order valence-corrected chi connectivity index (χ2v) is 5.09. The van der Waals surface area contributed by atoms with Crippen molar-refractivity contribution in [1.82, 2.24) is 15.5 Å². The van der Waals surface area contributed by atoms with Crippen molar-refractivity contribution in [1.29, 1.82) is 0 Å². The maximum atomic E-state index is 13.5. The van der Waals surface area contributed by atoms with Gasteiger partial charge in [0, 0.05) is 24.1 Å². The van der Waals surface area contributed by atoms with Gasteiger partial charge in [-0.25, -0.2) is 8.78 Å². The Morgan fingerprint density at radius 3 is 2.86 bits per heavy atom. The number of nitrogens with zero attached hydrogens (tertiary/aromatic N) is 1. The number of rotatable bonds is 4. The van der Waals surface area contributed by atoms with Crippen LogP contribution in [-0.4, -0.2) is 16.1 Å². The Balaban J connectivity index is 1.69. The molecular formula is C14H14F2N4O. The second kappa shape index (κ2) is 5.16. The van der Waals surface area contributed by atoms with E-state index < -0.39 is 17.5 Å². The predicted molar refractivity (Wildman–Crippen MR) is 72.5 cm³/mol. The van der Waals surface area contributed by atoms with Gasteiger partial charge in [0.2, 0.25) is 0 Å². The lowest BCUT2D eigenvalue weighted by atomic mass is 10.2. The van der Waals surface area contributed by atoms with Gasteiger partial charge < -0.3 is 11.1 Å². The molecule has 0 atom stereocenters. The second-order valence-electron chi connectivity index (χ2n) is 5.09. The van der Waals surface area contributed by atoms with E-state index in [0.717, 1.165) is 30.7 Å². The molecule has 1 aromatic carbocycles. The molecule has 5 nitrogen and oxygen atoms in total. The largest absolute Gasteiger partial charge is 0.395 e. The van der Waals surface area contributed by atoms with Gasteiger partial charge in [0.15, 0.2) is 5.69 Å². The minimum absolute atomic E-state index is 0.0595. The van der Waals surface area contributed by atoms with E-state index in [9.17, 15) is 13.6 Å². The topological polar surface area (TPSA) is 83.8 Å². The number of H-pyrrole nitrogens is 1. The van der Waals surface area contributed by atoms with Gasteiger partial charge in [0.1, 0.15) is 11.6 Å². The van der Waals surface area contributed by atoms with Gasteiger partial charge in [0.25, 0.3) is 5.91 Å². The first-order chi connectivity index (χ1) is 10.1. The standard InChI is InChI=1S/C14H14F2N4O/c15-9-4-3-8(10(16)5-9)6-18-14(21)13-11(17)12(19-20-13)7-1-2-7/h3-5,7H,1-2,6,17H2,(H,18,21)(H,19,20). The van der Waals surface area contributed by atoms with Crippen LogP contribution >= 0.6 is 0 Å². The number of benzene rings is 1. The molecule has 0 aliphatic heterocycles. The molecule has 1 fully saturated rings. The van der Waals surface area contributed by atoms with Crippen LogP contribution in [0.5, 0.6) is 0 Å². The number of carbonyl (C=O) groups excluding carboxylic acids is 1. The summed E-state index contributed by atoms with van der Waals surface area (Å²) in [6.45, 7) is -0.0595. The quantitative estimate of drug-likeness (QED) is 0.806. The van der Waals surface area contributed by atoms with Crippen LogP contribution in [0.4, 0.5) is 14.5 Å². The van der Waals surface area contributed by atoms with E-state index in [-0.39, 0.29) is 17.8 Å². The molecule has 1 aliphatic carbocycles. The fourth-order valence-electron chi connectivity index (χ4n) is 2.14. The Bertz CT molecular complexity index is 694. The molecule has 0 unspecified atom stereocenters. The predicted octanol–water partition coefficient (Wildman–Crippen LogP) is 2.08. The van der Waals surface area contributed by atoms with Crippen LogP contribution in [-0.2, 0) is 6.54 Å². The molecule has 4 N–H and O–H groups in total. The lowest BCUT2D eigenvalue weighted by Gasteiger charge is -2.05. The molecule has 1 aromatic heterocycles. The Morgan fingerprint density at radius 2 is 2.19 bits per heavy atom. The molecule has 1 saturated carbocycles. The summed E-state index contributed by atoms with van der Waals surface area (Å²) in [5, 5.41) is 9.21. The monoisotopic (exact) mass is 292 g/mol. The van der Waals surface area contributed by atoms with E-state index in [2.05, 4.69) is 15.5 Å². The summed E-state index contributed by atoms with van der Waals surface area (Å²) in [7, 11) is 0. The van der Waals surface area contributed by atoms with Gasteiger partial charge in [0.05, 0.1) is 11.4 Å². The molecular weight excluding hydrogens is 278 g/mol. The number of carbonyl (C=O) groups is 1. The van der Waals surface area contributed by atoms with Crippen molar-refractivity contribution < 1.29 is 13.6 Å². The fourth-order valence-corrected chi connectivity index (χ4v) is 2.14. The van der Waals surface area contributed by atoms with Crippen molar-refractivity contribution in [2.75, 3.05) is 5.73 Å². The smallest absolute Gasteiger partial charge is 0.274 e. The molecule has 1 aliphatic rings. The van der Waals surface area contributed by atoms with Crippen LogP contribution in [0.15, 0.2) is 18.2 Å². The van der Waals surface area contributed by atoms with Gasteiger partial charge in [-0.05, 0) is 18.9 Å². The summed E-state index contributed by atoms with van der Waals surface area (Å²) >= 11 is 0. The average molecular weight is 292 g/mol. The first-order valence-corrected chi connectivity index (χ1v) is 6.62. The molecule has 110 valence electrons. The SMILES string of the molecule is Nc1c(C(=O)NCc2ccc(F)cc2F)n[nH]c1C1CC1. The van der Waals surface area contributed by atoms with Gasteiger partial charge in [-0.1, -0.05) is 6.07 Å². The molecule has 0 bridgehead atoms. The number of hydrogen-bond donors (Lipinski definition) is 3. The van der Waals surface area contributed by atoms with Crippen molar-refractivity contribution >= 4 is 11.6 Å². The van der Waals surface area contributed by atoms with Gasteiger partial charge >= 0.3 is 0 Å². The highest BCUT2D eigenvalue weighted by Gasteiger charge is 2.30. The van der Waals surface area contributed by atoms with Gasteiger partial charge in [-0.2, -0.15) is 5.10 Å². The van der Waals surface area contributed by atoms with Crippen molar-refractivity contribution in [3.63, 3.8) is 0 Å². The van der Waals surface area contributed by atoms with E-state index in [1.807, 2.05) is 0 Å². The maximum absolute atomic E-state index is 13.5. The van der Waals surface area contributed by atoms with Crippen LogP contribution in [0.2, 0.25) is 0 Å². The summed E-state index contributed by atoms with van der Waals surface area (Å²) in [5.41, 5.74) is 7.32. The molecule has 3 rings (SSSR count). The first-order valence-electron chi connectivity index (χ1n) is 6.62. The number of nitrogens with one attached hydrogen (secondary N) is 2. The number of halogens is 2. The highest BCUT2D eigenvalue weighted by Crippen LogP contribution is 2.42. The normalized spacial score (nSPS) is 14.2. The molecule has 0 saturated heterocycles. The zero-order valence-electron chi connectivity index (χ0n) is 11.1. The van der Waals surface area contributed by atoms with Crippen molar-refractivity contribution in [3.05, 3.63) is 46.8 Å². The molecule has 1 heterocycles. The number of nitrogens with two attached hydrogens (primary N) is 1. The van der Waals surface area contributed by atoms with E-state index in [4.69, 9.17) is 5.73 Å². The van der Waals surface area contributed by atoms with E-state index in [0.29, 0.717) is 11.6 Å². The Hall–Kier alpha value is -2.44. The number of hydrogen-bond acceptors (Lipinski definition) is 3. The number of amides is 1. The highest BCUT2D eigenvalue weighted by molar-refractivity contribution is 5.97. The molecule has 2 aromatic rings. The summed E-state index contributed by atoms with van der Waals surface area (Å²) < 4.78 is 26.3. The third kappa shape index (κ3) is 2.72. The average Bonchev–Trinajstić information content (AvgIpc) is 3.21. The van der Waals surface area contributed by atoms with E-state index in [1.54, 1.807) is 0 Å². The Morgan fingerprint density at radius 1 is 1.43 bits per heavy atom. The van der Waals surface area contributed by atoms with Crippen LogP contribution < -0.4 is 11.1 Å². The molecule has 7 heteroatoms. The minimum Gasteiger partial charge on any atom is -0.395 e. The van der Waals surface area contributed by atoms with Crippen LogP contribution in [0, 0.1) is 11.6 Å². The van der Waals surface area contributed by atoms with E-state index >= 15 is 0 Å². The zero-order valence-corrected chi connectivity index (χ0v) is 11.1. The van der Waals surface area contributed by atoms with Crippen LogP contribution in [0.1, 0.15) is 40.5 Å². The Labute approximate surface area is 119 Å². The number of nitrogen functional groups attached to an aromatic ring is 1. The number of aromatic amines is 1. The highest BCUT2D eigenvalue weighted by atomic mass is 19.1. The zero-order chi connectivity index (χ0) is 15.0. The lowest BCUT2D eigenvalue weighted by molar-refractivity contribution is 0.0946. The molecule has 0 spiro atoms. The summed E-state index contributed by atoms with van der Waals surface area (Å²) in [4.78, 5) is 12.0. The third-order valence-corrected chi connectivity index (χ3v) is 3.49. The molecule has 0 radical (unpaired) electrons. The van der Waals surface area contributed by atoms with Crippen molar-refractivity contribution in [3.8, 4) is 0 Å². The Kier molecular flexibility index (Phi) is 3.32. The lowest BCUT2D eigenvalue weighted by Crippen LogP contribution is -2.24. The molecule has 1 amide bonds. The summed E-state index contributed by atoms with van der Waals surface area (Å²) in [6.07, 6.45) is 2.07. The first kappa shape index (κ1) is 13.5. The van der Waals surface area contributed by atoms with E-state index in [1.165, 1.54) is 6.07 Å². The van der Waals surface area contributed by atoms with Crippen molar-refractivity contribution in [2.24, 2.45) is 0 Å². The van der Waals surface area contributed by atoms with Crippen molar-refractivity contribution in [2.45, 2.75) is 25.3 Å². The number of anilines is 1. The van der Waals surface area contributed by atoms with Gasteiger partial charge in [-0.3, -0.25) is 9.89 Å².